The molecule has 13 rings (SSSR count). The van der Waals surface area contributed by atoms with Crippen molar-refractivity contribution in [2.75, 3.05) is 53.6 Å². The van der Waals surface area contributed by atoms with Crippen LogP contribution in [0.1, 0.15) is 154 Å². The van der Waals surface area contributed by atoms with Gasteiger partial charge in [-0.1, -0.05) is 159 Å². The number of hydrogen-bond donors (Lipinski definition) is 4. The molecule has 5 aromatic rings. The molecule has 3 heterocycles. The van der Waals surface area contributed by atoms with Gasteiger partial charge >= 0.3 is 11.5 Å². The monoisotopic (exact) mass is 1060 g/mol. The molecule has 6 fully saturated rings. The Hall–Kier alpha value is -6.03. The number of hydrogen-bond acceptors (Lipinski definition) is 8. The van der Waals surface area contributed by atoms with Gasteiger partial charge in [-0.05, 0) is 105 Å². The van der Waals surface area contributed by atoms with Crippen molar-refractivity contribution in [2.45, 2.75) is 143 Å². The van der Waals surface area contributed by atoms with Gasteiger partial charge in [0.15, 0.2) is 0 Å². The number of carbonyl (C=O) groups excluding carboxylic acids is 3. The van der Waals surface area contributed by atoms with Crippen LogP contribution in [0.4, 0.5) is 9.59 Å². The first-order valence-corrected chi connectivity index (χ1v) is 28.3. The lowest BCUT2D eigenvalue weighted by molar-refractivity contribution is 0.0895. The van der Waals surface area contributed by atoms with E-state index in [1.54, 1.807) is 5.56 Å². The Bertz CT molecular complexity index is 2690. The number of carbonyl (C=O) groups is 3. The maximum Gasteiger partial charge on any atom is 0.406 e. The molecule has 2 spiro atoms. The number of rotatable bonds is 6. The van der Waals surface area contributed by atoms with Crippen LogP contribution >= 0.6 is 11.6 Å². The third-order valence-electron chi connectivity index (χ3n) is 17.4. The molecule has 2 amide bonds. The minimum Gasteiger partial charge on any atom is -0.457 e. The molecular weight excluding hydrogens is 982 g/mol. The van der Waals surface area contributed by atoms with Crippen LogP contribution in [0.15, 0.2) is 140 Å². The summed E-state index contributed by atoms with van der Waals surface area (Å²) in [6.07, 6.45) is 20.3. The normalized spacial score (nSPS) is 20.9. The van der Waals surface area contributed by atoms with Crippen molar-refractivity contribution in [3.8, 4) is 0 Å². The topological polar surface area (TPSA) is 145 Å². The van der Waals surface area contributed by atoms with E-state index in [4.69, 9.17) is 18.4 Å². The summed E-state index contributed by atoms with van der Waals surface area (Å²) in [6.45, 7) is 12.3. The quantitative estimate of drug-likeness (QED) is 0.0972. The smallest absolute Gasteiger partial charge is 0.406 e. The molecule has 77 heavy (non-hydrogen) atoms. The summed E-state index contributed by atoms with van der Waals surface area (Å²) in [5, 5.41) is 9.34. The van der Waals surface area contributed by atoms with Crippen LogP contribution in [-0.2, 0) is 48.0 Å². The van der Waals surface area contributed by atoms with E-state index in [-0.39, 0.29) is 35.0 Å². The fourth-order valence-electron chi connectivity index (χ4n) is 11.8. The second-order valence-electron chi connectivity index (χ2n) is 21.8. The number of fused-ring (bicyclic) bond motifs is 4. The van der Waals surface area contributed by atoms with Crippen molar-refractivity contribution in [3.63, 3.8) is 0 Å². The SMILES string of the molecule is COC(=O)Cl.COC(=O)NCC1(c2ccccc2)CCC1.NCC1(c2ccccc2)CCC1.O=C1NCC2(CCC2)c2ccccc21.[2H]C1CCCO1.[C-]#[N+]C1(c2ccccc2)CCC1.c1ccc2c(c1)CNCC21CCC1. The van der Waals surface area contributed by atoms with E-state index in [1.165, 1.54) is 119 Å². The Labute approximate surface area is 465 Å². The van der Waals surface area contributed by atoms with E-state index < -0.39 is 5.43 Å². The Morgan fingerprint density at radius 1 is 0.649 bits per heavy atom. The zero-order valence-electron chi connectivity index (χ0n) is 46.5. The largest absolute Gasteiger partial charge is 0.457 e. The lowest BCUT2D eigenvalue weighted by atomic mass is 9.62. The maximum atomic E-state index is 11.6. The summed E-state index contributed by atoms with van der Waals surface area (Å²) in [4.78, 5) is 35.8. The Morgan fingerprint density at radius 2 is 1.14 bits per heavy atom. The van der Waals surface area contributed by atoms with Crippen LogP contribution in [0, 0.1) is 6.57 Å². The minimum atomic E-state index is -0.773. The van der Waals surface area contributed by atoms with E-state index in [2.05, 4.69) is 127 Å². The lowest BCUT2D eigenvalue weighted by Crippen LogP contribution is -2.50. The van der Waals surface area contributed by atoms with Crippen LogP contribution in [0.3, 0.4) is 0 Å². The zero-order chi connectivity index (χ0) is 55.3. The van der Waals surface area contributed by atoms with Gasteiger partial charge in [0.05, 0.1) is 15.6 Å². The predicted molar refractivity (Wildman–Crippen MR) is 308 cm³/mol. The Balaban J connectivity index is 0.000000135. The summed E-state index contributed by atoms with van der Waals surface area (Å²) < 4.78 is 20.2. The highest BCUT2D eigenvalue weighted by Crippen LogP contribution is 2.48. The first-order valence-electron chi connectivity index (χ1n) is 28.5. The summed E-state index contributed by atoms with van der Waals surface area (Å²) in [7, 11) is 2.61. The summed E-state index contributed by atoms with van der Waals surface area (Å²) >= 11 is 4.60. The Morgan fingerprint density at radius 3 is 1.57 bits per heavy atom. The number of amides is 2. The average Bonchev–Trinajstić information content (AvgIpc) is 4.00. The van der Waals surface area contributed by atoms with E-state index in [1.807, 2.05) is 54.6 Å². The molecule has 8 aliphatic rings. The van der Waals surface area contributed by atoms with Gasteiger partial charge in [-0.3, -0.25) is 4.79 Å². The second kappa shape index (κ2) is 28.6. The molecule has 0 radical (unpaired) electrons. The first kappa shape index (κ1) is 57.2. The molecule has 5 N–H and O–H groups in total. The molecule has 1 saturated heterocycles. The van der Waals surface area contributed by atoms with Crippen LogP contribution in [0.25, 0.3) is 4.85 Å². The first-order chi connectivity index (χ1) is 37.9. The molecule has 5 aromatic carbocycles. The van der Waals surface area contributed by atoms with Crippen molar-refractivity contribution in [3.05, 3.63) is 190 Å². The molecular formula is C65H82ClN5O6. The lowest BCUT2D eigenvalue weighted by Gasteiger charge is -2.46. The van der Waals surface area contributed by atoms with E-state index in [0.717, 1.165) is 70.3 Å². The summed E-state index contributed by atoms with van der Waals surface area (Å²) in [5.74, 6) is 0.0955. The van der Waals surface area contributed by atoms with Gasteiger partial charge in [-0.25, -0.2) is 16.2 Å². The number of methoxy groups -OCH3 is 2. The molecule has 5 saturated carbocycles. The number of nitrogens with zero attached hydrogens (tertiary/aromatic N) is 1. The highest BCUT2D eigenvalue weighted by molar-refractivity contribution is 6.61. The third-order valence-corrected chi connectivity index (χ3v) is 17.6. The number of nitrogens with one attached hydrogen (secondary N) is 3. The van der Waals surface area contributed by atoms with Gasteiger partial charge in [0.1, 0.15) is 0 Å². The molecule has 0 bridgehead atoms. The zero-order valence-corrected chi connectivity index (χ0v) is 46.2. The van der Waals surface area contributed by atoms with Gasteiger partial charge in [0.25, 0.3) is 11.4 Å². The predicted octanol–water partition coefficient (Wildman–Crippen LogP) is 13.4. The fourth-order valence-corrected chi connectivity index (χ4v) is 11.8. The van der Waals surface area contributed by atoms with E-state index in [0.29, 0.717) is 17.4 Å². The number of alkyl carbamates (subject to hydrolysis) is 1. The minimum absolute atomic E-state index is 0.0955. The highest BCUT2D eigenvalue weighted by Gasteiger charge is 2.46. The molecule has 0 aromatic heterocycles. The number of benzene rings is 5. The molecule has 1 unspecified atom stereocenters. The summed E-state index contributed by atoms with van der Waals surface area (Å²) in [5.41, 5.74) is 15.4. The number of ether oxygens (including phenoxy) is 3. The van der Waals surface area contributed by atoms with Crippen LogP contribution in [0.2, 0.25) is 0 Å². The van der Waals surface area contributed by atoms with Crippen LogP contribution in [0.5, 0.6) is 0 Å². The van der Waals surface area contributed by atoms with E-state index >= 15 is 0 Å². The average molecular weight is 1070 g/mol. The van der Waals surface area contributed by atoms with Crippen molar-refractivity contribution in [2.24, 2.45) is 5.73 Å². The van der Waals surface area contributed by atoms with Crippen LogP contribution < -0.4 is 21.7 Å². The molecule has 1 atom stereocenters. The van der Waals surface area contributed by atoms with E-state index in [9.17, 15) is 14.4 Å². The second-order valence-corrected chi connectivity index (χ2v) is 22.1. The fraction of sp³-hybridized carbons (Fsp3) is 0.477. The molecule has 410 valence electrons. The molecule has 11 nitrogen and oxygen atoms in total. The standard InChI is InChI=1S/C13H17NO2.C12H13NO.C12H15N.C11H11N.C11H15N.C4H8O.C2H3ClO2/c1-16-12(15)14-10-13(8-5-9-13)11-6-3-2-4-7-11;14-11-9-4-1-2-5-10(9)12(8-13-11)6-3-7-12;1-2-5-11-10(4-1)8-13-9-12(11)6-3-7-12;1-12-11(8-5-9-11)10-6-3-2-4-7-10;12-9-11(7-4-8-11)10-5-2-1-3-6-10;1-2-4-5-3-1;1-5-2(3)4/h2-4,6-7H,5,8-10H2,1H3,(H,14,15);1-2,4-5H,3,6-8H2,(H,13,14);1-2,4-5,13H,3,6-9H2;2-4,6-7H,5,8-9H2;1-3,5-6H,4,7-9,12H2;1-4H2;1H3/i;;;;;3D;. The number of nitrogens with two attached hydrogens (primary N) is 1. The maximum absolute atomic E-state index is 11.6. The summed E-state index contributed by atoms with van der Waals surface area (Å²) in [6, 6.07) is 48.2. The van der Waals surface area contributed by atoms with Gasteiger partial charge in [0.2, 0.25) is 0 Å². The van der Waals surface area contributed by atoms with Crippen molar-refractivity contribution >= 4 is 29.0 Å². The van der Waals surface area contributed by atoms with Gasteiger partial charge in [-0.2, -0.15) is 0 Å². The van der Waals surface area contributed by atoms with Gasteiger partial charge < -0.3 is 40.7 Å². The number of halogens is 1. The van der Waals surface area contributed by atoms with Crippen molar-refractivity contribution in [1.82, 2.24) is 16.0 Å². The highest BCUT2D eigenvalue weighted by atomic mass is 35.5. The van der Waals surface area contributed by atoms with Crippen LogP contribution in [-0.4, -0.2) is 71.0 Å². The van der Waals surface area contributed by atoms with Crippen molar-refractivity contribution in [1.29, 1.82) is 0 Å². The molecule has 3 aliphatic heterocycles. The molecule has 12 heteroatoms. The van der Waals surface area contributed by atoms with Gasteiger partial charge in [-0.15, -0.1) is 0 Å². The Kier molecular flexibility index (Phi) is 21.2. The third kappa shape index (κ3) is 14.8. The van der Waals surface area contributed by atoms with Crippen molar-refractivity contribution < 1.29 is 30.0 Å². The van der Waals surface area contributed by atoms with Gasteiger partial charge in [0, 0.05) is 103 Å². The molecule has 5 aliphatic carbocycles.